The third-order valence-corrected chi connectivity index (χ3v) is 4.18. The van der Waals surface area contributed by atoms with Crippen LogP contribution in [-0.4, -0.2) is 43.6 Å². The fourth-order valence-electron chi connectivity index (χ4n) is 2.82. The highest BCUT2D eigenvalue weighted by Gasteiger charge is 2.39. The van der Waals surface area contributed by atoms with Crippen molar-refractivity contribution in [1.82, 2.24) is 10.2 Å². The molecule has 1 aliphatic rings. The fraction of sp³-hybridized carbons (Fsp3) is 0.562. The molecule has 2 rings (SSSR count). The van der Waals surface area contributed by atoms with Crippen LogP contribution in [0.4, 0.5) is 0 Å². The van der Waals surface area contributed by atoms with Crippen LogP contribution in [0.2, 0.25) is 0 Å². The summed E-state index contributed by atoms with van der Waals surface area (Å²) in [5.74, 6) is 0.499. The van der Waals surface area contributed by atoms with Crippen molar-refractivity contribution < 1.29 is 9.53 Å². The van der Waals surface area contributed by atoms with Gasteiger partial charge in [0.25, 0.3) is 0 Å². The molecule has 1 aromatic rings. The van der Waals surface area contributed by atoms with Crippen LogP contribution in [0.1, 0.15) is 25.8 Å². The van der Waals surface area contributed by atoms with Crippen molar-refractivity contribution >= 4 is 5.91 Å². The molecule has 5 nitrogen and oxygen atoms in total. The number of rotatable bonds is 5. The maximum Gasteiger partial charge on any atom is 0.242 e. The van der Waals surface area contributed by atoms with Gasteiger partial charge in [-0.3, -0.25) is 9.69 Å². The van der Waals surface area contributed by atoms with Gasteiger partial charge in [0.1, 0.15) is 11.3 Å². The van der Waals surface area contributed by atoms with Crippen molar-refractivity contribution in [3.63, 3.8) is 0 Å². The first-order valence-corrected chi connectivity index (χ1v) is 7.58. The van der Waals surface area contributed by atoms with E-state index >= 15 is 0 Å². The van der Waals surface area contributed by atoms with Crippen molar-refractivity contribution in [2.75, 3.05) is 32.8 Å². The first-order valence-electron chi connectivity index (χ1n) is 7.58. The lowest BCUT2D eigenvalue weighted by atomic mass is 9.88. The number of primary amides is 1. The minimum absolute atomic E-state index is 0.312. The molecule has 1 fully saturated rings. The number of ether oxygens (including phenoxy) is 1. The van der Waals surface area contributed by atoms with Gasteiger partial charge in [-0.1, -0.05) is 12.1 Å². The summed E-state index contributed by atoms with van der Waals surface area (Å²) in [5.41, 5.74) is 5.89. The molecule has 1 aromatic carbocycles. The van der Waals surface area contributed by atoms with E-state index < -0.39 is 5.54 Å². The van der Waals surface area contributed by atoms with Crippen molar-refractivity contribution in [2.45, 2.75) is 25.8 Å². The minimum Gasteiger partial charge on any atom is -0.494 e. The number of benzene rings is 1. The molecule has 1 atom stereocenters. The predicted molar refractivity (Wildman–Crippen MR) is 83.2 cm³/mol. The monoisotopic (exact) mass is 291 g/mol. The molecule has 0 saturated carbocycles. The molecular formula is C16H25N3O2. The second-order valence-electron chi connectivity index (χ2n) is 5.48. The van der Waals surface area contributed by atoms with E-state index in [2.05, 4.69) is 10.2 Å². The molecule has 1 aliphatic heterocycles. The average Bonchev–Trinajstić information content (AvgIpc) is 2.76. The molecule has 3 N–H and O–H groups in total. The van der Waals surface area contributed by atoms with Crippen LogP contribution in [0.15, 0.2) is 24.3 Å². The molecule has 1 saturated heterocycles. The minimum atomic E-state index is -0.781. The third kappa shape index (κ3) is 3.36. The fourth-order valence-corrected chi connectivity index (χ4v) is 2.82. The van der Waals surface area contributed by atoms with Gasteiger partial charge in [-0.05, 0) is 44.5 Å². The second kappa shape index (κ2) is 6.91. The number of carbonyl (C=O) groups is 1. The zero-order valence-corrected chi connectivity index (χ0v) is 12.9. The number of amides is 1. The van der Waals surface area contributed by atoms with Crippen LogP contribution < -0.4 is 15.8 Å². The molecule has 0 aromatic heterocycles. The van der Waals surface area contributed by atoms with E-state index in [0.717, 1.165) is 43.9 Å². The van der Waals surface area contributed by atoms with Crippen LogP contribution in [0.5, 0.6) is 5.75 Å². The van der Waals surface area contributed by atoms with Gasteiger partial charge in [0.15, 0.2) is 0 Å². The maximum atomic E-state index is 12.2. The lowest BCUT2D eigenvalue weighted by Gasteiger charge is -2.38. The highest BCUT2D eigenvalue weighted by atomic mass is 16.5. The van der Waals surface area contributed by atoms with E-state index in [-0.39, 0.29) is 5.91 Å². The Bertz CT molecular complexity index is 467. The van der Waals surface area contributed by atoms with Gasteiger partial charge >= 0.3 is 0 Å². The van der Waals surface area contributed by atoms with Gasteiger partial charge in [0.05, 0.1) is 6.61 Å². The number of hydrogen-bond donors (Lipinski definition) is 2. The lowest BCUT2D eigenvalue weighted by Crippen LogP contribution is -2.54. The summed E-state index contributed by atoms with van der Waals surface area (Å²) < 4.78 is 5.46. The van der Waals surface area contributed by atoms with E-state index in [1.165, 1.54) is 0 Å². The van der Waals surface area contributed by atoms with Crippen molar-refractivity contribution in [1.29, 1.82) is 0 Å². The van der Waals surface area contributed by atoms with Gasteiger partial charge in [0, 0.05) is 19.6 Å². The number of nitrogens with one attached hydrogen (secondary N) is 1. The van der Waals surface area contributed by atoms with E-state index in [0.29, 0.717) is 6.61 Å². The Morgan fingerprint density at radius 2 is 2.05 bits per heavy atom. The van der Waals surface area contributed by atoms with Crippen LogP contribution in [-0.2, 0) is 10.3 Å². The van der Waals surface area contributed by atoms with Crippen molar-refractivity contribution in [3.8, 4) is 5.75 Å². The van der Waals surface area contributed by atoms with Crippen molar-refractivity contribution in [3.05, 3.63) is 29.8 Å². The largest absolute Gasteiger partial charge is 0.494 e. The summed E-state index contributed by atoms with van der Waals surface area (Å²) >= 11 is 0. The molecule has 0 radical (unpaired) electrons. The van der Waals surface area contributed by atoms with E-state index in [4.69, 9.17) is 10.5 Å². The zero-order valence-electron chi connectivity index (χ0n) is 12.9. The molecule has 1 heterocycles. The summed E-state index contributed by atoms with van der Waals surface area (Å²) in [7, 11) is 0. The van der Waals surface area contributed by atoms with Gasteiger partial charge in [-0.25, -0.2) is 0 Å². The molecule has 0 bridgehead atoms. The highest BCUT2D eigenvalue weighted by Crippen LogP contribution is 2.30. The number of hydrogen-bond acceptors (Lipinski definition) is 4. The van der Waals surface area contributed by atoms with Gasteiger partial charge < -0.3 is 15.8 Å². The Balaban J connectivity index is 2.29. The van der Waals surface area contributed by atoms with Crippen LogP contribution >= 0.6 is 0 Å². The quantitative estimate of drug-likeness (QED) is 0.852. The normalized spacial score (nSPS) is 19.5. The molecule has 0 aliphatic carbocycles. The Hall–Kier alpha value is -1.59. The molecule has 5 heteroatoms. The number of nitrogens with zero attached hydrogens (tertiary/aromatic N) is 1. The molecule has 1 unspecified atom stereocenters. The molecule has 116 valence electrons. The third-order valence-electron chi connectivity index (χ3n) is 4.18. The molecule has 1 amide bonds. The van der Waals surface area contributed by atoms with Gasteiger partial charge in [-0.2, -0.15) is 0 Å². The Kier molecular flexibility index (Phi) is 5.20. The summed E-state index contributed by atoms with van der Waals surface area (Å²) in [5, 5.41) is 3.35. The van der Waals surface area contributed by atoms with Crippen molar-refractivity contribution in [2.24, 2.45) is 5.73 Å². The number of nitrogens with two attached hydrogens (primary N) is 1. The summed E-state index contributed by atoms with van der Waals surface area (Å²) in [6, 6.07) is 7.67. The Morgan fingerprint density at radius 3 is 2.67 bits per heavy atom. The maximum absolute atomic E-state index is 12.2. The van der Waals surface area contributed by atoms with E-state index in [1.54, 1.807) is 0 Å². The Labute approximate surface area is 126 Å². The second-order valence-corrected chi connectivity index (χ2v) is 5.48. The number of carbonyl (C=O) groups excluding carboxylic acids is 1. The standard InChI is InChI=1S/C16H25N3O2/c1-3-21-14-7-5-13(6-8-14)16(2,15(17)20)19-11-4-9-18-10-12-19/h5-8,18H,3-4,9-12H2,1-2H3,(H2,17,20). The lowest BCUT2D eigenvalue weighted by molar-refractivity contribution is -0.130. The summed E-state index contributed by atoms with van der Waals surface area (Å²) in [6.07, 6.45) is 1.01. The smallest absolute Gasteiger partial charge is 0.242 e. The van der Waals surface area contributed by atoms with Gasteiger partial charge in [0.2, 0.25) is 5.91 Å². The first kappa shape index (κ1) is 15.8. The highest BCUT2D eigenvalue weighted by molar-refractivity contribution is 5.85. The Morgan fingerprint density at radius 1 is 1.33 bits per heavy atom. The van der Waals surface area contributed by atoms with E-state index in [1.807, 2.05) is 38.1 Å². The SMILES string of the molecule is CCOc1ccc(C(C)(C(N)=O)N2CCCNCC2)cc1. The average molecular weight is 291 g/mol. The predicted octanol–water partition coefficient (Wildman–Crippen LogP) is 1.08. The van der Waals surface area contributed by atoms with Gasteiger partial charge in [-0.15, -0.1) is 0 Å². The van der Waals surface area contributed by atoms with Crippen LogP contribution in [0, 0.1) is 0 Å². The molecular weight excluding hydrogens is 266 g/mol. The van der Waals surface area contributed by atoms with Crippen LogP contribution in [0.25, 0.3) is 0 Å². The summed E-state index contributed by atoms with van der Waals surface area (Å²) in [6.45, 7) is 8.02. The van der Waals surface area contributed by atoms with Crippen LogP contribution in [0.3, 0.4) is 0 Å². The molecule has 0 spiro atoms. The topological polar surface area (TPSA) is 67.6 Å². The van der Waals surface area contributed by atoms with E-state index in [9.17, 15) is 4.79 Å². The zero-order chi connectivity index (χ0) is 15.3. The summed E-state index contributed by atoms with van der Waals surface area (Å²) in [4.78, 5) is 14.3. The first-order chi connectivity index (χ1) is 10.1. The molecule has 21 heavy (non-hydrogen) atoms.